The van der Waals surface area contributed by atoms with Crippen LogP contribution in [0.3, 0.4) is 0 Å². The maximum atomic E-state index is 12.7. The number of thioether (sulfide) groups is 1. The van der Waals surface area contributed by atoms with Gasteiger partial charge in [0, 0.05) is 18.5 Å². The van der Waals surface area contributed by atoms with Crippen molar-refractivity contribution in [2.24, 2.45) is 0 Å². The third-order valence-electron chi connectivity index (χ3n) is 2.16. The molecule has 106 valence electrons. The zero-order valence-corrected chi connectivity index (χ0v) is 11.4. The Balaban J connectivity index is 2.67. The van der Waals surface area contributed by atoms with Gasteiger partial charge < -0.3 is 5.32 Å². The van der Waals surface area contributed by atoms with Crippen molar-refractivity contribution in [2.45, 2.75) is 25.3 Å². The SMILES string of the molecule is CC(C)SCCNC(=O)c1cccnc1C(F)(F)F. The fraction of sp³-hybridized carbons (Fsp3) is 0.500. The van der Waals surface area contributed by atoms with Gasteiger partial charge in [0.05, 0.1) is 5.56 Å². The molecule has 0 bridgehead atoms. The van der Waals surface area contributed by atoms with Crippen molar-refractivity contribution in [2.75, 3.05) is 12.3 Å². The molecule has 0 atom stereocenters. The smallest absolute Gasteiger partial charge is 0.351 e. The van der Waals surface area contributed by atoms with Gasteiger partial charge in [0.25, 0.3) is 5.91 Å². The van der Waals surface area contributed by atoms with E-state index >= 15 is 0 Å². The first kappa shape index (κ1) is 15.8. The van der Waals surface area contributed by atoms with E-state index in [9.17, 15) is 18.0 Å². The van der Waals surface area contributed by atoms with Gasteiger partial charge in [0.2, 0.25) is 0 Å². The molecule has 19 heavy (non-hydrogen) atoms. The summed E-state index contributed by atoms with van der Waals surface area (Å²) >= 11 is 1.63. The van der Waals surface area contributed by atoms with Crippen molar-refractivity contribution in [1.29, 1.82) is 0 Å². The Morgan fingerprint density at radius 3 is 2.74 bits per heavy atom. The van der Waals surface area contributed by atoms with Gasteiger partial charge in [-0.15, -0.1) is 0 Å². The van der Waals surface area contributed by atoms with Gasteiger partial charge in [0.1, 0.15) is 0 Å². The van der Waals surface area contributed by atoms with Crippen molar-refractivity contribution in [3.63, 3.8) is 0 Å². The molecule has 1 N–H and O–H groups in total. The van der Waals surface area contributed by atoms with E-state index < -0.39 is 23.3 Å². The third-order valence-corrected chi connectivity index (χ3v) is 3.27. The molecule has 0 aliphatic rings. The molecule has 0 aliphatic carbocycles. The van der Waals surface area contributed by atoms with Crippen LogP contribution in [0.5, 0.6) is 0 Å². The van der Waals surface area contributed by atoms with Crippen LogP contribution >= 0.6 is 11.8 Å². The first-order valence-corrected chi connectivity index (χ1v) is 6.79. The molecule has 1 rings (SSSR count). The van der Waals surface area contributed by atoms with E-state index in [1.165, 1.54) is 6.07 Å². The van der Waals surface area contributed by atoms with Crippen molar-refractivity contribution in [3.05, 3.63) is 29.6 Å². The van der Waals surface area contributed by atoms with Crippen LogP contribution in [0.15, 0.2) is 18.3 Å². The summed E-state index contributed by atoms with van der Waals surface area (Å²) in [4.78, 5) is 14.9. The average Bonchev–Trinajstić information content (AvgIpc) is 2.33. The molecular formula is C12H15F3N2OS. The van der Waals surface area contributed by atoms with Crippen LogP contribution in [-0.2, 0) is 6.18 Å². The number of hydrogen-bond donors (Lipinski definition) is 1. The molecule has 0 unspecified atom stereocenters. The van der Waals surface area contributed by atoms with E-state index in [0.717, 1.165) is 12.3 Å². The van der Waals surface area contributed by atoms with E-state index in [4.69, 9.17) is 0 Å². The highest BCUT2D eigenvalue weighted by Crippen LogP contribution is 2.29. The topological polar surface area (TPSA) is 42.0 Å². The Morgan fingerprint density at radius 2 is 2.16 bits per heavy atom. The predicted octanol–water partition coefficient (Wildman–Crippen LogP) is 2.97. The number of alkyl halides is 3. The molecule has 0 saturated heterocycles. The molecule has 7 heteroatoms. The number of pyridine rings is 1. The largest absolute Gasteiger partial charge is 0.434 e. The van der Waals surface area contributed by atoms with Crippen molar-refractivity contribution in [1.82, 2.24) is 10.3 Å². The van der Waals surface area contributed by atoms with Crippen LogP contribution in [0.25, 0.3) is 0 Å². The second-order valence-electron chi connectivity index (χ2n) is 4.07. The summed E-state index contributed by atoms with van der Waals surface area (Å²) in [6.07, 6.45) is -3.60. The first-order valence-electron chi connectivity index (χ1n) is 5.74. The van der Waals surface area contributed by atoms with Crippen molar-refractivity contribution in [3.8, 4) is 0 Å². The van der Waals surface area contributed by atoms with Gasteiger partial charge in [-0.1, -0.05) is 13.8 Å². The molecule has 3 nitrogen and oxygen atoms in total. The van der Waals surface area contributed by atoms with Crippen molar-refractivity contribution >= 4 is 17.7 Å². The lowest BCUT2D eigenvalue weighted by Crippen LogP contribution is -2.29. The Kier molecular flexibility index (Phi) is 5.65. The molecule has 0 aliphatic heterocycles. The van der Waals surface area contributed by atoms with Gasteiger partial charge in [-0.2, -0.15) is 24.9 Å². The predicted molar refractivity (Wildman–Crippen MR) is 69.2 cm³/mol. The van der Waals surface area contributed by atoms with Crippen LogP contribution in [0.2, 0.25) is 0 Å². The van der Waals surface area contributed by atoms with E-state index in [2.05, 4.69) is 10.3 Å². The van der Waals surface area contributed by atoms with Gasteiger partial charge in [-0.25, -0.2) is 0 Å². The summed E-state index contributed by atoms with van der Waals surface area (Å²) < 4.78 is 38.0. The maximum absolute atomic E-state index is 12.7. The van der Waals surface area contributed by atoms with Crippen LogP contribution in [0, 0.1) is 0 Å². The van der Waals surface area contributed by atoms with E-state index in [1.807, 2.05) is 13.8 Å². The monoisotopic (exact) mass is 292 g/mol. The van der Waals surface area contributed by atoms with E-state index in [1.54, 1.807) is 11.8 Å². The molecule has 0 saturated carbocycles. The molecule has 1 heterocycles. The van der Waals surface area contributed by atoms with Crippen LogP contribution < -0.4 is 5.32 Å². The number of carbonyl (C=O) groups is 1. The van der Waals surface area contributed by atoms with Crippen LogP contribution in [0.4, 0.5) is 13.2 Å². The summed E-state index contributed by atoms with van der Waals surface area (Å²) in [7, 11) is 0. The lowest BCUT2D eigenvalue weighted by atomic mass is 10.1. The van der Waals surface area contributed by atoms with Crippen molar-refractivity contribution < 1.29 is 18.0 Å². The molecule has 0 radical (unpaired) electrons. The average molecular weight is 292 g/mol. The van der Waals surface area contributed by atoms with Crippen LogP contribution in [0.1, 0.15) is 29.9 Å². The zero-order valence-electron chi connectivity index (χ0n) is 10.6. The standard InChI is InChI=1S/C12H15F3N2OS/c1-8(2)19-7-6-17-11(18)9-4-3-5-16-10(9)12(13,14)15/h3-5,8H,6-7H2,1-2H3,(H,17,18). The Bertz CT molecular complexity index is 435. The molecule has 1 aromatic heterocycles. The number of aromatic nitrogens is 1. The summed E-state index contributed by atoms with van der Waals surface area (Å²) in [5.41, 5.74) is -1.59. The zero-order chi connectivity index (χ0) is 14.5. The lowest BCUT2D eigenvalue weighted by molar-refractivity contribution is -0.141. The summed E-state index contributed by atoms with van der Waals surface area (Å²) in [6.45, 7) is 4.35. The number of halogens is 3. The molecular weight excluding hydrogens is 277 g/mol. The molecule has 0 aromatic carbocycles. The molecule has 1 amide bonds. The van der Waals surface area contributed by atoms with E-state index in [-0.39, 0.29) is 0 Å². The highest BCUT2D eigenvalue weighted by Gasteiger charge is 2.36. The maximum Gasteiger partial charge on any atom is 0.434 e. The third kappa shape index (κ3) is 5.10. The summed E-state index contributed by atoms with van der Waals surface area (Å²) in [6, 6.07) is 2.44. The summed E-state index contributed by atoms with van der Waals surface area (Å²) in [5, 5.41) is 2.88. The normalized spacial score (nSPS) is 11.7. The van der Waals surface area contributed by atoms with Gasteiger partial charge in [0.15, 0.2) is 5.69 Å². The Hall–Kier alpha value is -1.24. The fourth-order valence-corrected chi connectivity index (χ4v) is 2.06. The number of rotatable bonds is 5. The number of hydrogen-bond acceptors (Lipinski definition) is 3. The van der Waals surface area contributed by atoms with E-state index in [0.29, 0.717) is 17.5 Å². The highest BCUT2D eigenvalue weighted by molar-refractivity contribution is 7.99. The first-order chi connectivity index (χ1) is 8.82. The number of nitrogens with one attached hydrogen (secondary N) is 1. The van der Waals surface area contributed by atoms with Gasteiger partial charge in [-0.3, -0.25) is 9.78 Å². The molecule has 0 fully saturated rings. The Morgan fingerprint density at radius 1 is 1.47 bits per heavy atom. The minimum absolute atomic E-state index is 0.327. The lowest BCUT2D eigenvalue weighted by Gasteiger charge is -2.11. The van der Waals surface area contributed by atoms with Gasteiger partial charge >= 0.3 is 6.18 Å². The second kappa shape index (κ2) is 6.79. The second-order valence-corrected chi connectivity index (χ2v) is 5.76. The quantitative estimate of drug-likeness (QED) is 0.848. The summed E-state index contributed by atoms with van der Waals surface area (Å²) in [5.74, 6) is -0.0878. The molecule has 1 aromatic rings. The fourth-order valence-electron chi connectivity index (χ4n) is 1.37. The molecule has 0 spiro atoms. The Labute approximate surface area is 114 Å². The van der Waals surface area contributed by atoms with Gasteiger partial charge in [-0.05, 0) is 17.4 Å². The number of nitrogens with zero attached hydrogens (tertiary/aromatic N) is 1. The number of carbonyl (C=O) groups excluding carboxylic acids is 1. The minimum Gasteiger partial charge on any atom is -0.351 e. The minimum atomic E-state index is -4.62. The van der Waals surface area contributed by atoms with Crippen LogP contribution in [-0.4, -0.2) is 28.4 Å². The number of amides is 1. The highest BCUT2D eigenvalue weighted by atomic mass is 32.2.